The molecule has 0 saturated heterocycles. The Bertz CT molecular complexity index is 1230. The molecule has 6 nitrogen and oxygen atoms in total. The minimum atomic E-state index is -1.16. The summed E-state index contributed by atoms with van der Waals surface area (Å²) in [6.45, 7) is 7.65. The maximum absolute atomic E-state index is 13.2. The van der Waals surface area contributed by atoms with Crippen molar-refractivity contribution in [3.63, 3.8) is 0 Å². The van der Waals surface area contributed by atoms with E-state index < -0.39 is 11.4 Å². The molecule has 0 saturated carbocycles. The second-order valence-electron chi connectivity index (χ2n) is 8.39. The number of Topliss-reactive ketones (excluding diaryl/α,β-unsaturated/α-hetero) is 2. The predicted octanol–water partition coefficient (Wildman–Crippen LogP) is 5.10. The highest BCUT2D eigenvalue weighted by Crippen LogP contribution is 2.27. The summed E-state index contributed by atoms with van der Waals surface area (Å²) in [5.41, 5.74) is 0.295. The molecule has 0 amide bonds. The van der Waals surface area contributed by atoms with Gasteiger partial charge in [0.15, 0.2) is 11.6 Å². The van der Waals surface area contributed by atoms with Gasteiger partial charge in [0.05, 0.1) is 21.9 Å². The van der Waals surface area contributed by atoms with Crippen molar-refractivity contribution in [2.24, 2.45) is 11.8 Å². The van der Waals surface area contributed by atoms with Crippen molar-refractivity contribution in [2.45, 2.75) is 40.5 Å². The predicted molar refractivity (Wildman–Crippen MR) is 115 cm³/mol. The number of benzene rings is 2. The second-order valence-corrected chi connectivity index (χ2v) is 8.39. The molecule has 6 heteroatoms. The minimum absolute atomic E-state index is 0.0442. The quantitative estimate of drug-likeness (QED) is 0.431. The number of hydrogen-bond acceptors (Lipinski definition) is 5. The lowest BCUT2D eigenvalue weighted by Crippen LogP contribution is -2.12. The van der Waals surface area contributed by atoms with Gasteiger partial charge in [-0.3, -0.25) is 14.4 Å². The monoisotopic (exact) mass is 408 g/mol. The number of hydrogen-bond donors (Lipinski definition) is 1. The number of ketones is 2. The molecule has 3 rings (SSSR count). The van der Waals surface area contributed by atoms with Crippen molar-refractivity contribution in [1.29, 1.82) is 0 Å². The van der Waals surface area contributed by atoms with Crippen LogP contribution in [0.5, 0.6) is 0 Å². The summed E-state index contributed by atoms with van der Waals surface area (Å²) in [6.07, 6.45) is 0.530. The lowest BCUT2D eigenvalue weighted by molar-refractivity contribution is 0.0696. The summed E-state index contributed by atoms with van der Waals surface area (Å²) in [7, 11) is 0. The zero-order valence-corrected chi connectivity index (χ0v) is 17.4. The second kappa shape index (κ2) is 8.22. The van der Waals surface area contributed by atoms with Crippen LogP contribution in [0.15, 0.2) is 39.5 Å². The van der Waals surface area contributed by atoms with E-state index in [0.717, 1.165) is 0 Å². The summed E-state index contributed by atoms with van der Waals surface area (Å²) in [5.74, 6) is -1.32. The summed E-state index contributed by atoms with van der Waals surface area (Å²) >= 11 is 0. The van der Waals surface area contributed by atoms with E-state index in [0.29, 0.717) is 0 Å². The first kappa shape index (κ1) is 21.4. The van der Waals surface area contributed by atoms with E-state index in [-0.39, 0.29) is 74.9 Å². The fourth-order valence-electron chi connectivity index (χ4n) is 3.43. The zero-order chi connectivity index (χ0) is 22.2. The minimum Gasteiger partial charge on any atom is -0.478 e. The third kappa shape index (κ3) is 4.17. The van der Waals surface area contributed by atoms with Crippen LogP contribution in [0.4, 0.5) is 0 Å². The van der Waals surface area contributed by atoms with Gasteiger partial charge in [-0.1, -0.05) is 27.7 Å². The molecule has 1 aromatic heterocycles. The van der Waals surface area contributed by atoms with Crippen LogP contribution < -0.4 is 5.43 Å². The highest BCUT2D eigenvalue weighted by Gasteiger charge is 2.21. The van der Waals surface area contributed by atoms with E-state index in [1.165, 1.54) is 30.3 Å². The van der Waals surface area contributed by atoms with Crippen LogP contribution in [-0.2, 0) is 0 Å². The molecule has 1 N–H and O–H groups in total. The van der Waals surface area contributed by atoms with Crippen molar-refractivity contribution in [3.05, 3.63) is 57.2 Å². The molecule has 0 spiro atoms. The fourth-order valence-corrected chi connectivity index (χ4v) is 3.43. The van der Waals surface area contributed by atoms with Gasteiger partial charge in [0.1, 0.15) is 11.2 Å². The van der Waals surface area contributed by atoms with Crippen LogP contribution in [0.25, 0.3) is 21.9 Å². The van der Waals surface area contributed by atoms with Crippen molar-refractivity contribution in [1.82, 2.24) is 0 Å². The highest BCUT2D eigenvalue weighted by molar-refractivity contribution is 6.11. The number of carboxylic acids is 1. The molecule has 156 valence electrons. The molecule has 0 bridgehead atoms. The van der Waals surface area contributed by atoms with E-state index in [4.69, 9.17) is 4.42 Å². The Hall–Kier alpha value is -3.28. The first-order valence-corrected chi connectivity index (χ1v) is 9.92. The van der Waals surface area contributed by atoms with Crippen molar-refractivity contribution in [2.75, 3.05) is 0 Å². The number of carboxylic acid groups (broad SMARTS) is 1. The lowest BCUT2D eigenvalue weighted by atomic mass is 9.93. The molecule has 1 heterocycles. The van der Waals surface area contributed by atoms with Gasteiger partial charge >= 0.3 is 5.97 Å². The van der Waals surface area contributed by atoms with E-state index in [1.54, 1.807) is 0 Å². The number of aromatic carboxylic acids is 1. The Labute approximate surface area is 173 Å². The summed E-state index contributed by atoms with van der Waals surface area (Å²) in [5, 5.41) is 9.43. The van der Waals surface area contributed by atoms with Crippen LogP contribution in [0.1, 0.15) is 71.6 Å². The molecule has 0 aliphatic carbocycles. The van der Waals surface area contributed by atoms with Gasteiger partial charge in [-0.2, -0.15) is 0 Å². The van der Waals surface area contributed by atoms with Crippen LogP contribution >= 0.6 is 0 Å². The Morgan fingerprint density at radius 3 is 2.07 bits per heavy atom. The van der Waals surface area contributed by atoms with E-state index in [9.17, 15) is 24.3 Å². The zero-order valence-electron chi connectivity index (χ0n) is 17.4. The van der Waals surface area contributed by atoms with Crippen LogP contribution in [0.2, 0.25) is 0 Å². The molecule has 0 aliphatic heterocycles. The van der Waals surface area contributed by atoms with E-state index >= 15 is 0 Å². The van der Waals surface area contributed by atoms with Crippen molar-refractivity contribution in [3.8, 4) is 0 Å². The normalized spacial score (nSPS) is 11.5. The van der Waals surface area contributed by atoms with Gasteiger partial charge < -0.3 is 9.52 Å². The molecule has 0 atom stereocenters. The number of carbonyl (C=O) groups is 3. The van der Waals surface area contributed by atoms with Crippen LogP contribution in [0.3, 0.4) is 0 Å². The molecule has 2 aromatic carbocycles. The highest BCUT2D eigenvalue weighted by atomic mass is 16.4. The van der Waals surface area contributed by atoms with Gasteiger partial charge in [-0.05, 0) is 42.2 Å². The molecular weight excluding hydrogens is 384 g/mol. The Balaban J connectivity index is 2.35. The van der Waals surface area contributed by atoms with Gasteiger partial charge in [-0.15, -0.1) is 0 Å². The van der Waals surface area contributed by atoms with Crippen LogP contribution in [-0.4, -0.2) is 22.6 Å². The lowest BCUT2D eigenvalue weighted by Gasteiger charge is -2.11. The van der Waals surface area contributed by atoms with Gasteiger partial charge in [0.2, 0.25) is 5.43 Å². The maximum atomic E-state index is 13.2. The smallest absolute Gasteiger partial charge is 0.335 e. The number of carbonyl (C=O) groups excluding carboxylic acids is 2. The fraction of sp³-hybridized carbons (Fsp3) is 0.333. The Morgan fingerprint density at radius 2 is 1.47 bits per heavy atom. The summed E-state index contributed by atoms with van der Waals surface area (Å²) < 4.78 is 5.89. The van der Waals surface area contributed by atoms with E-state index in [1.807, 2.05) is 27.7 Å². The van der Waals surface area contributed by atoms with Crippen molar-refractivity contribution >= 4 is 39.5 Å². The van der Waals surface area contributed by atoms with Crippen molar-refractivity contribution < 1.29 is 23.9 Å². The Morgan fingerprint density at radius 1 is 0.867 bits per heavy atom. The summed E-state index contributed by atoms with van der Waals surface area (Å²) in [4.78, 5) is 50.1. The third-order valence-corrected chi connectivity index (χ3v) is 4.83. The van der Waals surface area contributed by atoms with Gasteiger partial charge in [0, 0.05) is 18.4 Å². The largest absolute Gasteiger partial charge is 0.478 e. The number of fused-ring (bicyclic) bond motifs is 2. The van der Waals surface area contributed by atoms with Crippen LogP contribution in [0, 0.1) is 11.8 Å². The standard InChI is InChI=1S/C24H24O6/c1-12(2)7-19(25)15-10-16(20(26)8-13(3)4)23-18(11-15)22(27)17-9-14(24(28)29)5-6-21(17)30-23/h5-6,9-13H,7-8H2,1-4H3,(H,28,29). The topological polar surface area (TPSA) is 102 Å². The average molecular weight is 408 g/mol. The molecule has 3 aromatic rings. The third-order valence-electron chi connectivity index (χ3n) is 4.83. The number of rotatable bonds is 7. The Kier molecular flexibility index (Phi) is 5.87. The average Bonchev–Trinajstić information content (AvgIpc) is 2.66. The molecule has 0 radical (unpaired) electrons. The molecular formula is C24H24O6. The molecule has 30 heavy (non-hydrogen) atoms. The SMILES string of the molecule is CC(C)CC(=O)c1cc(C(=O)CC(C)C)c2oc3ccc(C(=O)O)cc3c(=O)c2c1. The molecule has 0 fully saturated rings. The van der Waals surface area contributed by atoms with Gasteiger partial charge in [0.25, 0.3) is 0 Å². The first-order valence-electron chi connectivity index (χ1n) is 9.92. The van der Waals surface area contributed by atoms with E-state index in [2.05, 4.69) is 0 Å². The first-order chi connectivity index (χ1) is 14.1. The van der Waals surface area contributed by atoms with Gasteiger partial charge in [-0.25, -0.2) is 4.79 Å². The molecule has 0 aliphatic rings. The summed E-state index contributed by atoms with van der Waals surface area (Å²) in [6, 6.07) is 6.97. The maximum Gasteiger partial charge on any atom is 0.335 e. The molecule has 0 unspecified atom stereocenters.